The second-order valence-electron chi connectivity index (χ2n) is 5.52. The van der Waals surface area contributed by atoms with E-state index in [1.54, 1.807) is 0 Å². The van der Waals surface area contributed by atoms with Crippen LogP contribution in [0.15, 0.2) is 54.9 Å². The number of nitrogens with zero attached hydrogens (tertiary/aromatic N) is 2. The zero-order valence-corrected chi connectivity index (χ0v) is 13.4. The molecule has 0 atom stereocenters. The number of carbonyl (C=O) groups excluding carboxylic acids is 1. The Hall–Kier alpha value is -3.62. The first kappa shape index (κ1) is 16.8. The Morgan fingerprint density at radius 2 is 1.81 bits per heavy atom. The average molecular weight is 373 g/mol. The third-order valence-electron chi connectivity index (χ3n) is 3.72. The number of alkyl halides is 2. The number of para-hydroxylation sites is 1. The van der Waals surface area contributed by atoms with Crippen LogP contribution in [0.25, 0.3) is 11.3 Å². The molecular weight excluding hydrogens is 363 g/mol. The maximum absolute atomic E-state index is 13.6. The van der Waals surface area contributed by atoms with E-state index in [-0.39, 0.29) is 34.1 Å². The highest BCUT2D eigenvalue weighted by atomic mass is 19.3. The van der Waals surface area contributed by atoms with Crippen LogP contribution in [0.1, 0.15) is 10.4 Å². The largest absolute Gasteiger partial charge is 0.586 e. The van der Waals surface area contributed by atoms with Crippen molar-refractivity contribution in [3.8, 4) is 22.8 Å². The van der Waals surface area contributed by atoms with E-state index >= 15 is 0 Å². The number of halogens is 3. The van der Waals surface area contributed by atoms with Gasteiger partial charge in [-0.3, -0.25) is 9.78 Å². The van der Waals surface area contributed by atoms with Crippen LogP contribution in [-0.2, 0) is 0 Å². The highest BCUT2D eigenvalue weighted by Crippen LogP contribution is 2.46. The maximum Gasteiger partial charge on any atom is 0.586 e. The van der Waals surface area contributed by atoms with E-state index in [1.165, 1.54) is 48.8 Å². The topological polar surface area (TPSA) is 73.3 Å². The van der Waals surface area contributed by atoms with Crippen molar-refractivity contribution < 1.29 is 27.4 Å². The van der Waals surface area contributed by atoms with Crippen molar-refractivity contribution in [1.29, 1.82) is 0 Å². The molecule has 27 heavy (non-hydrogen) atoms. The van der Waals surface area contributed by atoms with Crippen LogP contribution in [0.4, 0.5) is 19.0 Å². The molecule has 1 aliphatic rings. The lowest BCUT2D eigenvalue weighted by molar-refractivity contribution is -0.286. The Balaban J connectivity index is 1.57. The van der Waals surface area contributed by atoms with Crippen molar-refractivity contribution in [2.75, 3.05) is 5.32 Å². The summed E-state index contributed by atoms with van der Waals surface area (Å²) in [5.74, 6) is -1.55. The van der Waals surface area contributed by atoms with Crippen molar-refractivity contribution in [1.82, 2.24) is 9.97 Å². The molecule has 1 aromatic heterocycles. The van der Waals surface area contributed by atoms with Gasteiger partial charge in [0.15, 0.2) is 17.3 Å². The predicted octanol–water partition coefficient (Wildman–Crippen LogP) is 3.86. The molecule has 3 aromatic rings. The van der Waals surface area contributed by atoms with Crippen LogP contribution >= 0.6 is 0 Å². The molecular formula is C18H10F3N3O3. The normalized spacial score (nSPS) is 14.0. The van der Waals surface area contributed by atoms with E-state index in [4.69, 9.17) is 0 Å². The first-order chi connectivity index (χ1) is 12.9. The summed E-state index contributed by atoms with van der Waals surface area (Å²) in [5, 5.41) is 2.41. The van der Waals surface area contributed by atoms with Crippen molar-refractivity contribution in [3.63, 3.8) is 0 Å². The van der Waals surface area contributed by atoms with Crippen LogP contribution in [0.2, 0.25) is 0 Å². The highest BCUT2D eigenvalue weighted by molar-refractivity contribution is 6.03. The number of benzene rings is 2. The fourth-order valence-corrected chi connectivity index (χ4v) is 2.53. The van der Waals surface area contributed by atoms with Gasteiger partial charge in [0.05, 0.1) is 23.7 Å². The highest BCUT2D eigenvalue weighted by Gasteiger charge is 2.44. The number of amides is 1. The summed E-state index contributed by atoms with van der Waals surface area (Å²) >= 11 is 0. The Bertz CT molecular complexity index is 1030. The molecule has 1 aliphatic heterocycles. The minimum atomic E-state index is -3.75. The Morgan fingerprint density at radius 1 is 1.00 bits per heavy atom. The Morgan fingerprint density at radius 3 is 2.56 bits per heavy atom. The van der Waals surface area contributed by atoms with Crippen LogP contribution in [0.3, 0.4) is 0 Å². The quantitative estimate of drug-likeness (QED) is 0.755. The van der Waals surface area contributed by atoms with Crippen molar-refractivity contribution in [3.05, 3.63) is 66.2 Å². The SMILES string of the molecule is O=C(Nc1cnc(-c2cccc3c2OC(F)(F)O3)cn1)c1ccccc1F. The van der Waals surface area contributed by atoms with E-state index in [0.29, 0.717) is 0 Å². The molecule has 9 heteroatoms. The van der Waals surface area contributed by atoms with Gasteiger partial charge in [0.2, 0.25) is 0 Å². The minimum Gasteiger partial charge on any atom is -0.395 e. The van der Waals surface area contributed by atoms with E-state index in [9.17, 15) is 18.0 Å². The molecule has 136 valence electrons. The molecule has 0 bridgehead atoms. The lowest BCUT2D eigenvalue weighted by atomic mass is 10.1. The fourth-order valence-electron chi connectivity index (χ4n) is 2.53. The smallest absolute Gasteiger partial charge is 0.395 e. The van der Waals surface area contributed by atoms with Gasteiger partial charge in [0, 0.05) is 5.56 Å². The molecule has 0 radical (unpaired) electrons. The molecule has 4 rings (SSSR count). The van der Waals surface area contributed by atoms with Crippen LogP contribution in [0, 0.1) is 5.82 Å². The number of hydrogen-bond donors (Lipinski definition) is 1. The summed E-state index contributed by atoms with van der Waals surface area (Å²) in [6.45, 7) is 0. The minimum absolute atomic E-state index is 0.0714. The monoisotopic (exact) mass is 373 g/mol. The average Bonchev–Trinajstić information content (AvgIpc) is 2.96. The molecule has 0 aliphatic carbocycles. The van der Waals surface area contributed by atoms with Gasteiger partial charge in [0.25, 0.3) is 5.91 Å². The molecule has 6 nitrogen and oxygen atoms in total. The summed E-state index contributed by atoms with van der Waals surface area (Å²) in [4.78, 5) is 20.2. The summed E-state index contributed by atoms with van der Waals surface area (Å²) < 4.78 is 49.1. The van der Waals surface area contributed by atoms with Gasteiger partial charge in [-0.05, 0) is 24.3 Å². The van der Waals surface area contributed by atoms with Crippen molar-refractivity contribution in [2.24, 2.45) is 0 Å². The summed E-state index contributed by atoms with van der Waals surface area (Å²) in [7, 11) is 0. The first-order valence-corrected chi connectivity index (χ1v) is 7.70. The summed E-state index contributed by atoms with van der Waals surface area (Å²) in [6, 6.07) is 9.86. The molecule has 1 N–H and O–H groups in total. The standard InChI is InChI=1S/C18H10F3N3O3/c19-12-6-2-1-4-10(12)17(25)24-15-9-22-13(8-23-15)11-5-3-7-14-16(11)27-18(20,21)26-14/h1-9H,(H,23,24,25). The molecule has 0 saturated heterocycles. The number of rotatable bonds is 3. The molecule has 0 spiro atoms. The van der Waals surface area contributed by atoms with Gasteiger partial charge < -0.3 is 14.8 Å². The molecule has 2 heterocycles. The number of hydrogen-bond acceptors (Lipinski definition) is 5. The molecule has 0 unspecified atom stereocenters. The lowest BCUT2D eigenvalue weighted by Crippen LogP contribution is -2.26. The van der Waals surface area contributed by atoms with E-state index < -0.39 is 18.0 Å². The van der Waals surface area contributed by atoms with Gasteiger partial charge in [-0.1, -0.05) is 18.2 Å². The van der Waals surface area contributed by atoms with E-state index in [2.05, 4.69) is 24.8 Å². The van der Waals surface area contributed by atoms with Gasteiger partial charge in [0.1, 0.15) is 5.82 Å². The number of ether oxygens (including phenoxy) is 2. The number of fused-ring (bicyclic) bond motifs is 1. The third kappa shape index (κ3) is 3.26. The first-order valence-electron chi connectivity index (χ1n) is 7.70. The molecule has 0 fully saturated rings. The lowest BCUT2D eigenvalue weighted by Gasteiger charge is -2.08. The van der Waals surface area contributed by atoms with Crippen LogP contribution in [0.5, 0.6) is 11.5 Å². The van der Waals surface area contributed by atoms with Crippen LogP contribution < -0.4 is 14.8 Å². The second-order valence-corrected chi connectivity index (χ2v) is 5.52. The zero-order valence-electron chi connectivity index (χ0n) is 13.4. The van der Waals surface area contributed by atoms with Crippen molar-refractivity contribution >= 4 is 11.7 Å². The van der Waals surface area contributed by atoms with E-state index in [1.807, 2.05) is 0 Å². The number of carbonyl (C=O) groups is 1. The second kappa shape index (κ2) is 6.27. The van der Waals surface area contributed by atoms with Crippen LogP contribution in [-0.4, -0.2) is 22.2 Å². The molecule has 0 saturated carbocycles. The number of nitrogens with one attached hydrogen (secondary N) is 1. The fraction of sp³-hybridized carbons (Fsp3) is 0.0556. The predicted molar refractivity (Wildman–Crippen MR) is 88.0 cm³/mol. The zero-order chi connectivity index (χ0) is 19.0. The van der Waals surface area contributed by atoms with Gasteiger partial charge in [-0.2, -0.15) is 0 Å². The Kier molecular flexibility index (Phi) is 3.91. The van der Waals surface area contributed by atoms with Gasteiger partial charge in [-0.25, -0.2) is 9.37 Å². The molecule has 1 amide bonds. The number of aromatic nitrogens is 2. The Labute approximate surface area is 150 Å². The van der Waals surface area contributed by atoms with Gasteiger partial charge >= 0.3 is 6.29 Å². The molecule has 2 aromatic carbocycles. The van der Waals surface area contributed by atoms with Gasteiger partial charge in [-0.15, -0.1) is 8.78 Å². The third-order valence-corrected chi connectivity index (χ3v) is 3.72. The number of anilines is 1. The van der Waals surface area contributed by atoms with E-state index in [0.717, 1.165) is 6.07 Å². The summed E-state index contributed by atoms with van der Waals surface area (Å²) in [6.07, 6.45) is -1.26. The summed E-state index contributed by atoms with van der Waals surface area (Å²) in [5.41, 5.74) is 0.346. The van der Waals surface area contributed by atoms with Crippen molar-refractivity contribution in [2.45, 2.75) is 6.29 Å². The maximum atomic E-state index is 13.6.